The third kappa shape index (κ3) is 5.06. The van der Waals surface area contributed by atoms with Crippen LogP contribution in [0.5, 0.6) is 17.2 Å². The van der Waals surface area contributed by atoms with Crippen molar-refractivity contribution in [1.29, 1.82) is 0 Å². The zero-order valence-corrected chi connectivity index (χ0v) is 18.9. The molecular weight excluding hydrogens is 419 g/mol. The number of nitrogens with zero attached hydrogens (tertiary/aromatic N) is 2. The number of piperazine rings is 1. The van der Waals surface area contributed by atoms with Gasteiger partial charge in [-0.25, -0.2) is 4.39 Å². The van der Waals surface area contributed by atoms with Crippen molar-refractivity contribution in [2.75, 3.05) is 44.4 Å². The molecular formula is C27H29FN2O3. The second kappa shape index (κ2) is 9.71. The van der Waals surface area contributed by atoms with Crippen molar-refractivity contribution < 1.29 is 18.6 Å². The molecule has 5 rings (SSSR count). The molecule has 1 atom stereocenters. The second-order valence-electron chi connectivity index (χ2n) is 8.61. The van der Waals surface area contributed by atoms with Crippen LogP contribution in [0.2, 0.25) is 0 Å². The molecule has 0 amide bonds. The van der Waals surface area contributed by atoms with E-state index in [1.54, 1.807) is 12.1 Å². The Morgan fingerprint density at radius 2 is 1.70 bits per heavy atom. The van der Waals surface area contributed by atoms with Crippen molar-refractivity contribution in [3.63, 3.8) is 0 Å². The lowest BCUT2D eigenvalue weighted by atomic mass is 10.0. The molecule has 0 saturated carbocycles. The summed E-state index contributed by atoms with van der Waals surface area (Å²) in [4.78, 5) is 4.87. The summed E-state index contributed by atoms with van der Waals surface area (Å²) < 4.78 is 31.7. The Morgan fingerprint density at radius 3 is 2.52 bits per heavy atom. The van der Waals surface area contributed by atoms with E-state index in [4.69, 9.17) is 14.2 Å². The zero-order chi connectivity index (χ0) is 22.6. The molecule has 0 aliphatic carbocycles. The first-order valence-corrected chi connectivity index (χ1v) is 11.5. The van der Waals surface area contributed by atoms with Gasteiger partial charge in [-0.15, -0.1) is 0 Å². The SMILES string of the molecule is Cc1ccc(F)c(OC(CCN2CCN(c3ccccc3)CC2)c2ccc3c(c2)OCO3)c1. The minimum atomic E-state index is -0.345. The Morgan fingerprint density at radius 1 is 0.909 bits per heavy atom. The molecule has 0 aromatic heterocycles. The molecule has 3 aromatic carbocycles. The number of hydrogen-bond donors (Lipinski definition) is 0. The molecule has 1 unspecified atom stereocenters. The van der Waals surface area contributed by atoms with Gasteiger partial charge in [0.25, 0.3) is 0 Å². The van der Waals surface area contributed by atoms with Gasteiger partial charge in [-0.1, -0.05) is 30.3 Å². The van der Waals surface area contributed by atoms with Gasteiger partial charge >= 0.3 is 0 Å². The molecule has 5 nitrogen and oxygen atoms in total. The maximum atomic E-state index is 14.5. The standard InChI is InChI=1S/C27H29FN2O3/c1-20-7-9-23(28)26(17-20)33-24(21-8-10-25-27(18-21)32-19-31-25)11-12-29-13-15-30(16-14-29)22-5-3-2-4-6-22/h2-10,17-18,24H,11-16,19H2,1H3. The summed E-state index contributed by atoms with van der Waals surface area (Å²) in [6.45, 7) is 6.99. The summed E-state index contributed by atoms with van der Waals surface area (Å²) in [6, 6.07) is 21.4. The third-order valence-corrected chi connectivity index (χ3v) is 6.33. The normalized spacial score (nSPS) is 16.6. The van der Waals surface area contributed by atoms with Crippen molar-refractivity contribution in [1.82, 2.24) is 4.90 Å². The maximum Gasteiger partial charge on any atom is 0.231 e. The van der Waals surface area contributed by atoms with E-state index in [9.17, 15) is 4.39 Å². The molecule has 3 aromatic rings. The zero-order valence-electron chi connectivity index (χ0n) is 18.9. The van der Waals surface area contributed by atoms with Crippen molar-refractivity contribution in [3.8, 4) is 17.2 Å². The van der Waals surface area contributed by atoms with Crippen LogP contribution in [0.3, 0.4) is 0 Å². The summed E-state index contributed by atoms with van der Waals surface area (Å²) in [5, 5.41) is 0. The van der Waals surface area contributed by atoms with E-state index >= 15 is 0 Å². The van der Waals surface area contributed by atoms with Gasteiger partial charge in [-0.2, -0.15) is 0 Å². The molecule has 0 bridgehead atoms. The van der Waals surface area contributed by atoms with E-state index in [0.717, 1.165) is 56.0 Å². The molecule has 0 radical (unpaired) electrons. The predicted molar refractivity (Wildman–Crippen MR) is 127 cm³/mol. The highest BCUT2D eigenvalue weighted by Gasteiger charge is 2.23. The van der Waals surface area contributed by atoms with E-state index in [1.807, 2.05) is 31.2 Å². The highest BCUT2D eigenvalue weighted by atomic mass is 19.1. The quantitative estimate of drug-likeness (QED) is 0.497. The van der Waals surface area contributed by atoms with Gasteiger partial charge in [0, 0.05) is 44.8 Å². The molecule has 2 heterocycles. The number of ether oxygens (including phenoxy) is 3. The van der Waals surface area contributed by atoms with Crippen LogP contribution in [0.4, 0.5) is 10.1 Å². The van der Waals surface area contributed by atoms with Crippen molar-refractivity contribution in [3.05, 3.63) is 83.7 Å². The lowest BCUT2D eigenvalue weighted by molar-refractivity contribution is 0.154. The Hall–Kier alpha value is -3.25. The molecule has 2 aliphatic rings. The van der Waals surface area contributed by atoms with Gasteiger partial charge in [0.1, 0.15) is 6.10 Å². The number of fused-ring (bicyclic) bond motifs is 1. The summed E-state index contributed by atoms with van der Waals surface area (Å²) in [5.74, 6) is 1.38. The molecule has 172 valence electrons. The van der Waals surface area contributed by atoms with Crippen LogP contribution in [0.25, 0.3) is 0 Å². The fraction of sp³-hybridized carbons (Fsp3) is 0.333. The van der Waals surface area contributed by atoms with Crippen LogP contribution in [0, 0.1) is 12.7 Å². The lowest BCUT2D eigenvalue weighted by Gasteiger charge is -2.36. The Bertz CT molecular complexity index is 1080. The molecule has 6 heteroatoms. The summed E-state index contributed by atoms with van der Waals surface area (Å²) >= 11 is 0. The van der Waals surface area contributed by atoms with Crippen LogP contribution in [-0.2, 0) is 0 Å². The van der Waals surface area contributed by atoms with Gasteiger partial charge in [-0.3, -0.25) is 4.90 Å². The summed E-state index contributed by atoms with van der Waals surface area (Å²) in [5.41, 5.74) is 3.20. The van der Waals surface area contributed by atoms with Gasteiger partial charge in [0.05, 0.1) is 0 Å². The van der Waals surface area contributed by atoms with Gasteiger partial charge in [0.15, 0.2) is 23.1 Å². The number of anilines is 1. The van der Waals surface area contributed by atoms with Crippen molar-refractivity contribution in [2.45, 2.75) is 19.4 Å². The van der Waals surface area contributed by atoms with E-state index in [2.05, 4.69) is 34.1 Å². The number of rotatable bonds is 7. The summed E-state index contributed by atoms with van der Waals surface area (Å²) in [6.07, 6.45) is 0.459. The van der Waals surface area contributed by atoms with Crippen molar-refractivity contribution in [2.24, 2.45) is 0 Å². The number of para-hydroxylation sites is 1. The highest BCUT2D eigenvalue weighted by molar-refractivity contribution is 5.47. The molecule has 2 aliphatic heterocycles. The highest BCUT2D eigenvalue weighted by Crippen LogP contribution is 2.37. The third-order valence-electron chi connectivity index (χ3n) is 6.33. The topological polar surface area (TPSA) is 34.2 Å². The molecule has 1 fully saturated rings. The Labute approximate surface area is 194 Å². The largest absolute Gasteiger partial charge is 0.483 e. The smallest absolute Gasteiger partial charge is 0.231 e. The molecule has 0 spiro atoms. The maximum absolute atomic E-state index is 14.5. The molecule has 33 heavy (non-hydrogen) atoms. The van der Waals surface area contributed by atoms with Crippen LogP contribution < -0.4 is 19.1 Å². The predicted octanol–water partition coefficient (Wildman–Crippen LogP) is 5.20. The number of benzene rings is 3. The average Bonchev–Trinajstić information content (AvgIpc) is 3.33. The van der Waals surface area contributed by atoms with Crippen LogP contribution in [-0.4, -0.2) is 44.4 Å². The van der Waals surface area contributed by atoms with E-state index in [1.165, 1.54) is 11.8 Å². The van der Waals surface area contributed by atoms with Gasteiger partial charge in [-0.05, 0) is 54.4 Å². The molecule has 0 N–H and O–H groups in total. The minimum Gasteiger partial charge on any atom is -0.483 e. The fourth-order valence-electron chi connectivity index (χ4n) is 4.43. The first kappa shape index (κ1) is 21.6. The van der Waals surface area contributed by atoms with Gasteiger partial charge < -0.3 is 19.1 Å². The van der Waals surface area contributed by atoms with Crippen molar-refractivity contribution >= 4 is 5.69 Å². The first-order chi connectivity index (χ1) is 16.2. The fourth-order valence-corrected chi connectivity index (χ4v) is 4.43. The second-order valence-corrected chi connectivity index (χ2v) is 8.61. The van der Waals surface area contributed by atoms with E-state index < -0.39 is 0 Å². The van der Waals surface area contributed by atoms with E-state index in [-0.39, 0.29) is 24.5 Å². The van der Waals surface area contributed by atoms with Crippen LogP contribution in [0.1, 0.15) is 23.7 Å². The Balaban J connectivity index is 1.27. The number of halogens is 1. The van der Waals surface area contributed by atoms with Crippen LogP contribution in [0.15, 0.2) is 66.7 Å². The number of aryl methyl sites for hydroxylation is 1. The molecule has 1 saturated heterocycles. The van der Waals surface area contributed by atoms with Gasteiger partial charge in [0.2, 0.25) is 6.79 Å². The minimum absolute atomic E-state index is 0.225. The van der Waals surface area contributed by atoms with Crippen LogP contribution >= 0.6 is 0 Å². The Kier molecular flexibility index (Phi) is 6.35. The van der Waals surface area contributed by atoms with E-state index in [0.29, 0.717) is 5.75 Å². The first-order valence-electron chi connectivity index (χ1n) is 11.5. The lowest BCUT2D eigenvalue weighted by Crippen LogP contribution is -2.46. The summed E-state index contributed by atoms with van der Waals surface area (Å²) in [7, 11) is 0. The number of hydrogen-bond acceptors (Lipinski definition) is 5. The monoisotopic (exact) mass is 448 g/mol. The average molecular weight is 449 g/mol.